The smallest absolute Gasteiger partial charge is 0.265 e. The molecular weight excluding hydrogens is 354 g/mol. The van der Waals surface area contributed by atoms with Crippen LogP contribution in [0.4, 0.5) is 5.69 Å². The number of carbonyl (C=O) groups excluding carboxylic acids is 1. The molecule has 28 heavy (non-hydrogen) atoms. The third kappa shape index (κ3) is 4.65. The topological polar surface area (TPSA) is 84.2 Å². The van der Waals surface area contributed by atoms with Gasteiger partial charge in [-0.15, -0.1) is 0 Å². The van der Waals surface area contributed by atoms with Crippen molar-refractivity contribution in [2.45, 2.75) is 20.0 Å². The van der Waals surface area contributed by atoms with E-state index in [0.29, 0.717) is 22.7 Å². The molecule has 2 aromatic carbocycles. The van der Waals surface area contributed by atoms with Crippen LogP contribution in [0.5, 0.6) is 17.4 Å². The average Bonchev–Trinajstić information content (AvgIpc) is 2.71. The molecule has 1 aromatic heterocycles. The molecule has 1 heterocycles. The standard InChI is InChI=1S/C22H19N3O3/c1-15-13-19(28-22-17(14-23)7-6-12-24-22)10-11-20(15)25-21(26)16(2)27-18-8-4-3-5-9-18/h3-13,16H,1-2H3,(H,25,26). The summed E-state index contributed by atoms with van der Waals surface area (Å²) in [5.41, 5.74) is 1.82. The number of aryl methyl sites for hydroxylation is 1. The number of aromatic nitrogens is 1. The summed E-state index contributed by atoms with van der Waals surface area (Å²) < 4.78 is 11.3. The maximum Gasteiger partial charge on any atom is 0.265 e. The molecule has 0 aliphatic rings. The summed E-state index contributed by atoms with van der Waals surface area (Å²) in [5, 5.41) is 12.0. The summed E-state index contributed by atoms with van der Waals surface area (Å²) in [6, 6.07) is 19.8. The zero-order chi connectivity index (χ0) is 19.9. The van der Waals surface area contributed by atoms with Gasteiger partial charge in [0.1, 0.15) is 23.1 Å². The lowest BCUT2D eigenvalue weighted by Gasteiger charge is -2.16. The lowest BCUT2D eigenvalue weighted by Crippen LogP contribution is -2.30. The van der Waals surface area contributed by atoms with Gasteiger partial charge in [-0.05, 0) is 61.9 Å². The third-order valence-corrected chi connectivity index (χ3v) is 3.99. The number of benzene rings is 2. The Bertz CT molecular complexity index is 1010. The second-order valence-electron chi connectivity index (χ2n) is 6.11. The molecule has 0 spiro atoms. The van der Waals surface area contributed by atoms with Crippen LogP contribution in [0.3, 0.4) is 0 Å². The highest BCUT2D eigenvalue weighted by Crippen LogP contribution is 2.27. The molecule has 3 aromatic rings. The number of nitrogens with zero attached hydrogens (tertiary/aromatic N) is 2. The molecule has 0 saturated carbocycles. The lowest BCUT2D eigenvalue weighted by atomic mass is 10.2. The number of pyridine rings is 1. The number of nitriles is 1. The number of ether oxygens (including phenoxy) is 2. The van der Waals surface area contributed by atoms with Crippen molar-refractivity contribution in [2.75, 3.05) is 5.32 Å². The van der Waals surface area contributed by atoms with Gasteiger partial charge < -0.3 is 14.8 Å². The normalized spacial score (nSPS) is 11.2. The van der Waals surface area contributed by atoms with Crippen molar-refractivity contribution in [1.29, 1.82) is 5.26 Å². The Kier molecular flexibility index (Phi) is 5.87. The van der Waals surface area contributed by atoms with E-state index in [1.54, 1.807) is 55.6 Å². The highest BCUT2D eigenvalue weighted by molar-refractivity contribution is 5.94. The Morgan fingerprint density at radius 2 is 1.89 bits per heavy atom. The van der Waals surface area contributed by atoms with Crippen molar-refractivity contribution >= 4 is 11.6 Å². The monoisotopic (exact) mass is 373 g/mol. The van der Waals surface area contributed by atoms with Crippen LogP contribution in [0, 0.1) is 18.3 Å². The van der Waals surface area contributed by atoms with Gasteiger partial charge in [0.05, 0.1) is 0 Å². The molecule has 1 N–H and O–H groups in total. The molecule has 0 fully saturated rings. The minimum atomic E-state index is -0.649. The largest absolute Gasteiger partial charge is 0.481 e. The van der Waals surface area contributed by atoms with E-state index in [2.05, 4.69) is 10.3 Å². The maximum atomic E-state index is 12.4. The Morgan fingerprint density at radius 3 is 2.61 bits per heavy atom. The van der Waals surface area contributed by atoms with E-state index in [1.807, 2.05) is 31.2 Å². The Labute approximate surface area is 163 Å². The second kappa shape index (κ2) is 8.69. The zero-order valence-electron chi connectivity index (χ0n) is 15.5. The number of nitrogens with one attached hydrogen (secondary N) is 1. The zero-order valence-corrected chi connectivity index (χ0v) is 15.5. The second-order valence-corrected chi connectivity index (χ2v) is 6.11. The fourth-order valence-electron chi connectivity index (χ4n) is 2.50. The molecule has 0 radical (unpaired) electrons. The average molecular weight is 373 g/mol. The van der Waals surface area contributed by atoms with Crippen molar-refractivity contribution in [3.05, 3.63) is 78.0 Å². The van der Waals surface area contributed by atoms with E-state index in [9.17, 15) is 4.79 Å². The van der Waals surface area contributed by atoms with E-state index < -0.39 is 6.10 Å². The predicted octanol–water partition coefficient (Wildman–Crippen LogP) is 4.46. The van der Waals surface area contributed by atoms with Crippen molar-refractivity contribution in [2.24, 2.45) is 0 Å². The van der Waals surface area contributed by atoms with Gasteiger partial charge in [-0.25, -0.2) is 4.98 Å². The molecule has 1 atom stereocenters. The third-order valence-electron chi connectivity index (χ3n) is 3.99. The first kappa shape index (κ1) is 18.9. The van der Waals surface area contributed by atoms with Crippen LogP contribution in [0.1, 0.15) is 18.1 Å². The quantitative estimate of drug-likeness (QED) is 0.689. The highest BCUT2D eigenvalue weighted by Gasteiger charge is 2.16. The van der Waals surface area contributed by atoms with Gasteiger partial charge >= 0.3 is 0 Å². The molecule has 6 heteroatoms. The van der Waals surface area contributed by atoms with Crippen molar-refractivity contribution in [3.8, 4) is 23.4 Å². The number of rotatable bonds is 6. The molecule has 0 aliphatic carbocycles. The molecule has 0 aliphatic heterocycles. The lowest BCUT2D eigenvalue weighted by molar-refractivity contribution is -0.122. The summed E-state index contributed by atoms with van der Waals surface area (Å²) in [5.74, 6) is 1.15. The Morgan fingerprint density at radius 1 is 1.11 bits per heavy atom. The van der Waals surface area contributed by atoms with Crippen molar-refractivity contribution < 1.29 is 14.3 Å². The van der Waals surface area contributed by atoms with Crippen LogP contribution in [0.2, 0.25) is 0 Å². The van der Waals surface area contributed by atoms with Crippen LogP contribution in [0.25, 0.3) is 0 Å². The molecule has 3 rings (SSSR count). The van der Waals surface area contributed by atoms with E-state index in [0.717, 1.165) is 5.56 Å². The van der Waals surface area contributed by atoms with E-state index in [-0.39, 0.29) is 11.8 Å². The number of hydrogen-bond acceptors (Lipinski definition) is 5. The van der Waals surface area contributed by atoms with Gasteiger partial charge in [-0.1, -0.05) is 18.2 Å². The van der Waals surface area contributed by atoms with Gasteiger partial charge in [0.2, 0.25) is 5.88 Å². The van der Waals surface area contributed by atoms with Crippen LogP contribution >= 0.6 is 0 Å². The molecule has 0 saturated heterocycles. The fourth-order valence-corrected chi connectivity index (χ4v) is 2.50. The molecule has 140 valence electrons. The maximum absolute atomic E-state index is 12.4. The van der Waals surface area contributed by atoms with E-state index in [1.165, 1.54) is 0 Å². The minimum absolute atomic E-state index is 0.242. The number of carbonyl (C=O) groups is 1. The van der Waals surface area contributed by atoms with Crippen molar-refractivity contribution in [3.63, 3.8) is 0 Å². The minimum Gasteiger partial charge on any atom is -0.481 e. The molecule has 0 bridgehead atoms. The SMILES string of the molecule is Cc1cc(Oc2ncccc2C#N)ccc1NC(=O)C(C)Oc1ccccc1. The fraction of sp³-hybridized carbons (Fsp3) is 0.136. The predicted molar refractivity (Wildman–Crippen MR) is 105 cm³/mol. The van der Waals surface area contributed by atoms with Crippen LogP contribution in [-0.4, -0.2) is 17.0 Å². The number of amides is 1. The molecule has 1 unspecified atom stereocenters. The summed E-state index contributed by atoms with van der Waals surface area (Å²) in [4.78, 5) is 16.5. The van der Waals surface area contributed by atoms with E-state index >= 15 is 0 Å². The van der Waals surface area contributed by atoms with E-state index in [4.69, 9.17) is 14.7 Å². The number of para-hydroxylation sites is 1. The van der Waals surface area contributed by atoms with Gasteiger partial charge in [0.15, 0.2) is 6.10 Å². The van der Waals surface area contributed by atoms with Gasteiger partial charge in [-0.2, -0.15) is 5.26 Å². The molecular formula is C22H19N3O3. The van der Waals surface area contributed by atoms with Crippen LogP contribution in [0.15, 0.2) is 66.9 Å². The molecule has 1 amide bonds. The Hall–Kier alpha value is -3.85. The first-order valence-corrected chi connectivity index (χ1v) is 8.73. The van der Waals surface area contributed by atoms with Gasteiger partial charge in [-0.3, -0.25) is 4.79 Å². The number of hydrogen-bond donors (Lipinski definition) is 1. The van der Waals surface area contributed by atoms with Crippen molar-refractivity contribution in [1.82, 2.24) is 4.98 Å². The summed E-state index contributed by atoms with van der Waals surface area (Å²) in [6.07, 6.45) is 0.913. The molecule has 6 nitrogen and oxygen atoms in total. The van der Waals surface area contributed by atoms with Crippen LogP contribution < -0.4 is 14.8 Å². The van der Waals surface area contributed by atoms with Crippen LogP contribution in [-0.2, 0) is 4.79 Å². The summed E-state index contributed by atoms with van der Waals surface area (Å²) in [7, 11) is 0. The van der Waals surface area contributed by atoms with Gasteiger partial charge in [0.25, 0.3) is 5.91 Å². The van der Waals surface area contributed by atoms with Gasteiger partial charge in [0, 0.05) is 11.9 Å². The number of anilines is 1. The first-order valence-electron chi connectivity index (χ1n) is 8.73. The summed E-state index contributed by atoms with van der Waals surface area (Å²) in [6.45, 7) is 3.55. The summed E-state index contributed by atoms with van der Waals surface area (Å²) >= 11 is 0. The highest BCUT2D eigenvalue weighted by atomic mass is 16.5. The Balaban J connectivity index is 1.67. The first-order chi connectivity index (χ1) is 13.6.